The molecule has 1 fully saturated rings. The lowest BCUT2D eigenvalue weighted by atomic mass is 9.68. The van der Waals surface area contributed by atoms with Crippen molar-refractivity contribution in [2.45, 2.75) is 30.6 Å². The number of rotatable bonds is 3. The molecule has 2 heterocycles. The summed E-state index contributed by atoms with van der Waals surface area (Å²) >= 11 is 6.11. The van der Waals surface area contributed by atoms with E-state index in [1.165, 1.54) is 11.1 Å². The minimum atomic E-state index is -5.08. The highest BCUT2D eigenvalue weighted by molar-refractivity contribution is 6.30. The molecule has 39 heavy (non-hydrogen) atoms. The third-order valence-corrected chi connectivity index (χ3v) is 5.91. The van der Waals surface area contributed by atoms with Crippen LogP contribution in [0, 0.1) is 0 Å². The average Bonchev–Trinajstić information content (AvgIpc) is 2.90. The molecule has 1 aromatic heterocycles. The molecule has 0 amide bonds. The van der Waals surface area contributed by atoms with Gasteiger partial charge >= 0.3 is 24.3 Å². The topological polar surface area (TPSA) is 112 Å². The van der Waals surface area contributed by atoms with Crippen molar-refractivity contribution in [2.24, 2.45) is 0 Å². The number of nitrogens with one attached hydrogen (secondary N) is 1. The summed E-state index contributed by atoms with van der Waals surface area (Å²) in [7, 11) is 0. The minimum Gasteiger partial charge on any atom is -0.475 e. The number of nitrogens with zero attached hydrogens (tertiary/aromatic N) is 2. The first-order chi connectivity index (χ1) is 18.2. The molecular weight excluding hydrogens is 556 g/mol. The number of carboxylic acid groups (broad SMARTS) is 2. The standard InChI is InChI=1S/C21H20ClN3.2C2HF3O2/c22-19-7-5-18(6-8-19)21(10-13-23-14-11-21)17-3-1-16(2-4-17)20-9-12-24-15-25-20;2*3-2(4,5)1(6)7/h1-9,12,15,23H,10-11,13-14H2;2*(H,6,7). The lowest BCUT2D eigenvalue weighted by Crippen LogP contribution is -2.40. The molecule has 1 saturated heterocycles. The van der Waals surface area contributed by atoms with Gasteiger partial charge in [-0.05, 0) is 55.3 Å². The normalized spacial score (nSPS) is 14.6. The zero-order valence-corrected chi connectivity index (χ0v) is 20.7. The van der Waals surface area contributed by atoms with Crippen LogP contribution in [0.4, 0.5) is 26.3 Å². The molecule has 7 nitrogen and oxygen atoms in total. The predicted octanol–water partition coefficient (Wildman–Crippen LogP) is 5.73. The van der Waals surface area contributed by atoms with Crippen molar-refractivity contribution in [1.82, 2.24) is 15.3 Å². The van der Waals surface area contributed by atoms with Crippen molar-refractivity contribution in [2.75, 3.05) is 13.1 Å². The van der Waals surface area contributed by atoms with Crippen LogP contribution < -0.4 is 5.32 Å². The molecule has 0 saturated carbocycles. The highest BCUT2D eigenvalue weighted by Crippen LogP contribution is 2.41. The number of piperidine rings is 1. The van der Waals surface area contributed by atoms with E-state index in [9.17, 15) is 26.3 Å². The summed E-state index contributed by atoms with van der Waals surface area (Å²) in [5.74, 6) is -5.51. The molecule has 210 valence electrons. The first-order valence-electron chi connectivity index (χ1n) is 11.1. The summed E-state index contributed by atoms with van der Waals surface area (Å²) in [6.07, 6.45) is -4.63. The summed E-state index contributed by atoms with van der Waals surface area (Å²) in [4.78, 5) is 26.1. The Balaban J connectivity index is 0.000000317. The van der Waals surface area contributed by atoms with E-state index in [4.69, 9.17) is 31.4 Å². The summed E-state index contributed by atoms with van der Waals surface area (Å²) in [5, 5.41) is 18.5. The Morgan fingerprint density at radius 1 is 0.795 bits per heavy atom. The van der Waals surface area contributed by atoms with Crippen molar-refractivity contribution in [3.63, 3.8) is 0 Å². The zero-order valence-electron chi connectivity index (χ0n) is 19.9. The van der Waals surface area contributed by atoms with Crippen LogP contribution in [0.3, 0.4) is 0 Å². The molecule has 1 aliphatic rings. The smallest absolute Gasteiger partial charge is 0.475 e. The van der Waals surface area contributed by atoms with Crippen LogP contribution in [0.5, 0.6) is 0 Å². The van der Waals surface area contributed by atoms with Crippen LogP contribution in [-0.2, 0) is 15.0 Å². The summed E-state index contributed by atoms with van der Waals surface area (Å²) in [6, 6.07) is 19.1. The Hall–Kier alpha value is -3.71. The number of aromatic nitrogens is 2. The van der Waals surface area contributed by atoms with Gasteiger partial charge in [-0.15, -0.1) is 0 Å². The molecule has 4 rings (SSSR count). The van der Waals surface area contributed by atoms with E-state index < -0.39 is 24.3 Å². The Morgan fingerprint density at radius 3 is 1.62 bits per heavy atom. The van der Waals surface area contributed by atoms with E-state index in [2.05, 4.69) is 51.7 Å². The molecular formula is C25H22ClF6N3O4. The van der Waals surface area contributed by atoms with Crippen LogP contribution in [0.25, 0.3) is 11.3 Å². The van der Waals surface area contributed by atoms with E-state index in [1.54, 1.807) is 12.5 Å². The Morgan fingerprint density at radius 2 is 1.23 bits per heavy atom. The lowest BCUT2D eigenvalue weighted by Gasteiger charge is -2.39. The van der Waals surface area contributed by atoms with Gasteiger partial charge in [0, 0.05) is 22.2 Å². The monoisotopic (exact) mass is 577 g/mol. The maximum Gasteiger partial charge on any atom is 0.490 e. The highest BCUT2D eigenvalue weighted by atomic mass is 35.5. The van der Waals surface area contributed by atoms with Gasteiger partial charge in [0.25, 0.3) is 0 Å². The first kappa shape index (κ1) is 31.5. The van der Waals surface area contributed by atoms with Crippen LogP contribution in [0.15, 0.2) is 67.1 Å². The number of hydrogen-bond donors (Lipinski definition) is 3. The Bertz CT molecular complexity index is 1190. The average molecular weight is 578 g/mol. The molecule has 0 aliphatic carbocycles. The second kappa shape index (κ2) is 13.4. The fourth-order valence-corrected chi connectivity index (χ4v) is 3.91. The van der Waals surface area contributed by atoms with Crippen molar-refractivity contribution in [1.29, 1.82) is 0 Å². The van der Waals surface area contributed by atoms with Crippen LogP contribution in [0.2, 0.25) is 5.02 Å². The summed E-state index contributed by atoms with van der Waals surface area (Å²) in [6.45, 7) is 2.05. The van der Waals surface area contributed by atoms with Gasteiger partial charge in [0.05, 0.1) is 5.69 Å². The van der Waals surface area contributed by atoms with Crippen molar-refractivity contribution < 1.29 is 46.1 Å². The van der Waals surface area contributed by atoms with E-state index >= 15 is 0 Å². The minimum absolute atomic E-state index is 0.0417. The first-order valence-corrected chi connectivity index (χ1v) is 11.5. The fraction of sp³-hybridized carbons (Fsp3) is 0.280. The quantitative estimate of drug-likeness (QED) is 0.341. The third kappa shape index (κ3) is 9.21. The molecule has 0 bridgehead atoms. The van der Waals surface area contributed by atoms with Gasteiger partial charge < -0.3 is 15.5 Å². The molecule has 3 N–H and O–H groups in total. The van der Waals surface area contributed by atoms with E-state index in [-0.39, 0.29) is 5.41 Å². The molecule has 0 atom stereocenters. The third-order valence-electron chi connectivity index (χ3n) is 5.65. The zero-order chi connectivity index (χ0) is 29.3. The molecule has 0 unspecified atom stereocenters. The number of halogens is 7. The molecule has 14 heteroatoms. The van der Waals surface area contributed by atoms with E-state index in [1.807, 2.05) is 18.2 Å². The molecule has 1 aliphatic heterocycles. The summed E-state index contributed by atoms with van der Waals surface area (Å²) < 4.78 is 63.5. The number of carbonyl (C=O) groups is 2. The second-order valence-electron chi connectivity index (χ2n) is 8.12. The highest BCUT2D eigenvalue weighted by Gasteiger charge is 2.39. The van der Waals surface area contributed by atoms with Crippen LogP contribution in [-0.4, -0.2) is 57.6 Å². The SMILES string of the molecule is Clc1ccc(C2(c3ccc(-c4ccncn4)cc3)CCNCC2)cc1.O=C(O)C(F)(F)F.O=C(O)C(F)(F)F. The number of alkyl halides is 6. The van der Waals surface area contributed by atoms with Gasteiger partial charge in [-0.25, -0.2) is 19.6 Å². The van der Waals surface area contributed by atoms with Gasteiger partial charge in [0.1, 0.15) is 6.33 Å². The van der Waals surface area contributed by atoms with Gasteiger partial charge in [0.2, 0.25) is 0 Å². The van der Waals surface area contributed by atoms with E-state index in [0.29, 0.717) is 0 Å². The van der Waals surface area contributed by atoms with Crippen LogP contribution >= 0.6 is 11.6 Å². The molecule has 0 spiro atoms. The van der Waals surface area contributed by atoms with Gasteiger partial charge in [-0.2, -0.15) is 26.3 Å². The fourth-order valence-electron chi connectivity index (χ4n) is 3.79. The van der Waals surface area contributed by atoms with Crippen molar-refractivity contribution in [3.8, 4) is 11.3 Å². The number of hydrogen-bond acceptors (Lipinski definition) is 5. The number of carboxylic acids is 2. The summed E-state index contributed by atoms with van der Waals surface area (Å²) in [5.41, 5.74) is 4.81. The van der Waals surface area contributed by atoms with E-state index in [0.717, 1.165) is 42.2 Å². The largest absolute Gasteiger partial charge is 0.490 e. The van der Waals surface area contributed by atoms with Crippen LogP contribution in [0.1, 0.15) is 24.0 Å². The number of benzene rings is 2. The Kier molecular flexibility index (Phi) is 10.8. The van der Waals surface area contributed by atoms with Crippen molar-refractivity contribution >= 4 is 23.5 Å². The second-order valence-corrected chi connectivity index (χ2v) is 8.55. The molecule has 0 radical (unpaired) electrons. The van der Waals surface area contributed by atoms with Crippen molar-refractivity contribution in [3.05, 3.63) is 83.3 Å². The number of aliphatic carboxylic acids is 2. The van der Waals surface area contributed by atoms with Gasteiger partial charge in [-0.3, -0.25) is 0 Å². The molecule has 2 aromatic carbocycles. The van der Waals surface area contributed by atoms with Gasteiger partial charge in [-0.1, -0.05) is 48.0 Å². The maximum absolute atomic E-state index is 10.6. The Labute approximate surface area is 223 Å². The predicted molar refractivity (Wildman–Crippen MR) is 129 cm³/mol. The lowest BCUT2D eigenvalue weighted by molar-refractivity contribution is -0.193. The van der Waals surface area contributed by atoms with Gasteiger partial charge in [0.15, 0.2) is 0 Å². The molecule has 3 aromatic rings. The maximum atomic E-state index is 10.6.